The van der Waals surface area contributed by atoms with Crippen LogP contribution in [0, 0.1) is 5.41 Å². The number of rotatable bonds is 3. The Kier molecular flexibility index (Phi) is 3.54. The van der Waals surface area contributed by atoms with Gasteiger partial charge in [0, 0.05) is 28.4 Å². The van der Waals surface area contributed by atoms with Crippen molar-refractivity contribution < 1.29 is 0 Å². The second kappa shape index (κ2) is 6.17. The second-order valence-electron chi connectivity index (χ2n) is 8.36. The van der Waals surface area contributed by atoms with Crippen LogP contribution in [0.4, 0.5) is 0 Å². The van der Waals surface area contributed by atoms with Gasteiger partial charge in [0.05, 0.1) is 11.2 Å². The van der Waals surface area contributed by atoms with Crippen molar-refractivity contribution >= 4 is 27.9 Å². The summed E-state index contributed by atoms with van der Waals surface area (Å²) < 4.78 is 2.39. The van der Waals surface area contributed by atoms with Gasteiger partial charge in [0.15, 0.2) is 0 Å². The molecule has 30 heavy (non-hydrogen) atoms. The molecule has 6 rings (SSSR count). The van der Waals surface area contributed by atoms with Crippen molar-refractivity contribution in [2.24, 2.45) is 0 Å². The van der Waals surface area contributed by atoms with Crippen LogP contribution in [0.25, 0.3) is 49.6 Å². The van der Waals surface area contributed by atoms with Crippen molar-refractivity contribution in [3.8, 4) is 27.9 Å². The highest BCUT2D eigenvalue weighted by atomic mass is 15.0. The van der Waals surface area contributed by atoms with Crippen LogP contribution < -0.4 is 0 Å². The molecule has 0 aliphatic heterocycles. The average Bonchev–Trinajstić information content (AvgIpc) is 3.29. The topological polar surface area (TPSA) is 28.8 Å². The Morgan fingerprint density at radius 1 is 0.767 bits per heavy atom. The van der Waals surface area contributed by atoms with Crippen LogP contribution in [0.1, 0.15) is 31.0 Å². The van der Waals surface area contributed by atoms with Gasteiger partial charge in [-0.1, -0.05) is 80.6 Å². The van der Waals surface area contributed by atoms with Crippen LogP contribution in [0.3, 0.4) is 0 Å². The van der Waals surface area contributed by atoms with Crippen molar-refractivity contribution in [1.82, 2.24) is 4.57 Å². The van der Waals surface area contributed by atoms with E-state index in [-0.39, 0.29) is 0 Å². The zero-order valence-corrected chi connectivity index (χ0v) is 17.1. The highest BCUT2D eigenvalue weighted by Crippen LogP contribution is 2.50. The van der Waals surface area contributed by atoms with E-state index in [2.05, 4.69) is 97.3 Å². The highest BCUT2D eigenvalue weighted by molar-refractivity contribution is 6.17. The Bertz CT molecular complexity index is 1480. The SMILES string of the molecule is CC(C)c1c(C=N)c2ccccc2n1-c1cccc2c1-c1cccc3cccc-2c13. The predicted octanol–water partition coefficient (Wildman–Crippen LogP) is 7.55. The molecule has 0 bridgehead atoms. The van der Waals surface area contributed by atoms with Gasteiger partial charge in [-0.3, -0.25) is 0 Å². The second-order valence-corrected chi connectivity index (χ2v) is 8.36. The van der Waals surface area contributed by atoms with Gasteiger partial charge in [0.1, 0.15) is 0 Å². The molecule has 0 fully saturated rings. The van der Waals surface area contributed by atoms with Gasteiger partial charge in [-0.05, 0) is 45.5 Å². The van der Waals surface area contributed by atoms with E-state index in [0.717, 1.165) is 16.5 Å². The average molecular weight is 386 g/mol. The quantitative estimate of drug-likeness (QED) is 0.304. The maximum Gasteiger partial charge on any atom is 0.0543 e. The Balaban J connectivity index is 1.79. The molecule has 144 valence electrons. The molecule has 2 heteroatoms. The summed E-state index contributed by atoms with van der Waals surface area (Å²) in [5.41, 5.74) is 9.79. The number of nitrogens with one attached hydrogen (secondary N) is 1. The summed E-state index contributed by atoms with van der Waals surface area (Å²) in [6.45, 7) is 4.44. The van der Waals surface area contributed by atoms with Gasteiger partial charge in [0.25, 0.3) is 0 Å². The molecule has 0 saturated heterocycles. The monoisotopic (exact) mass is 386 g/mol. The van der Waals surface area contributed by atoms with Crippen molar-refractivity contribution in [1.29, 1.82) is 5.41 Å². The molecule has 4 aromatic carbocycles. The van der Waals surface area contributed by atoms with Crippen LogP contribution in [-0.2, 0) is 0 Å². The molecule has 5 aromatic rings. The number of benzene rings is 4. The lowest BCUT2D eigenvalue weighted by Crippen LogP contribution is -2.05. The molecule has 1 aliphatic rings. The largest absolute Gasteiger partial charge is 0.312 e. The fraction of sp³-hybridized carbons (Fsp3) is 0.107. The molecule has 1 heterocycles. The first kappa shape index (κ1) is 17.2. The van der Waals surface area contributed by atoms with Gasteiger partial charge < -0.3 is 9.98 Å². The number of aromatic nitrogens is 1. The lowest BCUT2D eigenvalue weighted by atomic mass is 10.0. The van der Waals surface area contributed by atoms with Gasteiger partial charge in [0.2, 0.25) is 0 Å². The third kappa shape index (κ3) is 2.11. The first-order valence-electron chi connectivity index (χ1n) is 10.5. The van der Waals surface area contributed by atoms with Gasteiger partial charge in [-0.2, -0.15) is 0 Å². The van der Waals surface area contributed by atoms with Crippen LogP contribution in [-0.4, -0.2) is 10.8 Å². The number of fused-ring (bicyclic) bond motifs is 4. The van der Waals surface area contributed by atoms with Crippen molar-refractivity contribution in [3.63, 3.8) is 0 Å². The lowest BCUT2D eigenvalue weighted by Gasteiger charge is -2.18. The molecule has 1 aliphatic carbocycles. The Morgan fingerprint density at radius 3 is 2.23 bits per heavy atom. The molecule has 0 amide bonds. The molecule has 1 aromatic heterocycles. The molecule has 0 atom stereocenters. The first-order chi connectivity index (χ1) is 14.7. The standard InChI is InChI=1S/C28H22N2/c1-17(2)28-23(16-29)19-10-3-4-14-24(19)30(28)25-15-7-12-21-20-11-5-8-18-9-6-13-22(26(18)20)27(21)25/h3-17,29H,1-2H3. The van der Waals surface area contributed by atoms with E-state index in [1.807, 2.05) is 0 Å². The summed E-state index contributed by atoms with van der Waals surface area (Å²) in [4.78, 5) is 0. The summed E-state index contributed by atoms with van der Waals surface area (Å²) >= 11 is 0. The minimum Gasteiger partial charge on any atom is -0.312 e. The molecular weight excluding hydrogens is 364 g/mol. The van der Waals surface area contributed by atoms with Crippen LogP contribution in [0.15, 0.2) is 78.9 Å². The molecular formula is C28H22N2. The van der Waals surface area contributed by atoms with Crippen molar-refractivity contribution in [2.45, 2.75) is 19.8 Å². The smallest absolute Gasteiger partial charge is 0.0543 e. The Labute approximate surface area is 175 Å². The molecule has 0 saturated carbocycles. The number of hydrogen-bond acceptors (Lipinski definition) is 1. The zero-order chi connectivity index (χ0) is 20.4. The molecule has 0 radical (unpaired) electrons. The van der Waals surface area contributed by atoms with Gasteiger partial charge in [-0.15, -0.1) is 0 Å². The maximum absolute atomic E-state index is 8.15. The Hall–Kier alpha value is -3.65. The number of para-hydroxylation sites is 1. The number of hydrogen-bond donors (Lipinski definition) is 1. The minimum absolute atomic E-state index is 0.296. The van der Waals surface area contributed by atoms with E-state index < -0.39 is 0 Å². The third-order valence-electron chi connectivity index (χ3n) is 6.39. The van der Waals surface area contributed by atoms with Gasteiger partial charge >= 0.3 is 0 Å². The predicted molar refractivity (Wildman–Crippen MR) is 127 cm³/mol. The van der Waals surface area contributed by atoms with Crippen molar-refractivity contribution in [2.75, 3.05) is 0 Å². The fourth-order valence-electron chi connectivity index (χ4n) is 5.27. The Morgan fingerprint density at radius 2 is 1.47 bits per heavy atom. The van der Waals surface area contributed by atoms with E-state index in [1.165, 1.54) is 50.6 Å². The summed E-state index contributed by atoms with van der Waals surface area (Å²) in [5, 5.41) is 11.9. The number of nitrogens with zero attached hydrogens (tertiary/aromatic N) is 1. The summed E-state index contributed by atoms with van der Waals surface area (Å²) in [5.74, 6) is 0.296. The van der Waals surface area contributed by atoms with E-state index in [1.54, 1.807) is 0 Å². The van der Waals surface area contributed by atoms with Crippen LogP contribution in [0.5, 0.6) is 0 Å². The zero-order valence-electron chi connectivity index (χ0n) is 17.1. The lowest BCUT2D eigenvalue weighted by molar-refractivity contribution is 0.795. The van der Waals surface area contributed by atoms with E-state index in [9.17, 15) is 0 Å². The fourth-order valence-corrected chi connectivity index (χ4v) is 5.27. The maximum atomic E-state index is 8.15. The van der Waals surface area contributed by atoms with Crippen LogP contribution in [0.2, 0.25) is 0 Å². The molecule has 2 nitrogen and oxygen atoms in total. The molecule has 0 unspecified atom stereocenters. The minimum atomic E-state index is 0.296. The van der Waals surface area contributed by atoms with E-state index >= 15 is 0 Å². The summed E-state index contributed by atoms with van der Waals surface area (Å²) in [6.07, 6.45) is 1.52. The molecule has 1 N–H and O–H groups in total. The van der Waals surface area contributed by atoms with Crippen LogP contribution >= 0.6 is 0 Å². The molecule has 0 spiro atoms. The normalized spacial score (nSPS) is 12.1. The van der Waals surface area contributed by atoms with E-state index in [0.29, 0.717) is 5.92 Å². The summed E-state index contributed by atoms with van der Waals surface area (Å²) in [6, 6.07) is 28.3. The van der Waals surface area contributed by atoms with Gasteiger partial charge in [-0.25, -0.2) is 0 Å². The van der Waals surface area contributed by atoms with Crippen molar-refractivity contribution in [3.05, 3.63) is 90.1 Å². The van der Waals surface area contributed by atoms with E-state index in [4.69, 9.17) is 5.41 Å². The first-order valence-corrected chi connectivity index (χ1v) is 10.5. The highest BCUT2D eigenvalue weighted by Gasteiger charge is 2.27. The summed E-state index contributed by atoms with van der Waals surface area (Å²) in [7, 11) is 0. The third-order valence-corrected chi connectivity index (χ3v) is 6.39.